The van der Waals surface area contributed by atoms with Crippen molar-refractivity contribution in [3.63, 3.8) is 0 Å². The fraction of sp³-hybridized carbons (Fsp3) is 0.286. The summed E-state index contributed by atoms with van der Waals surface area (Å²) < 4.78 is 0. The molecule has 0 bridgehead atoms. The van der Waals surface area contributed by atoms with Crippen LogP contribution >= 0.6 is 0 Å². The molecule has 2 aromatic rings. The van der Waals surface area contributed by atoms with E-state index >= 15 is 0 Å². The van der Waals surface area contributed by atoms with Crippen LogP contribution in [-0.4, -0.2) is 20.5 Å². The third-order valence-corrected chi connectivity index (χ3v) is 4.59. The molecule has 0 N–H and O–H groups in total. The quantitative estimate of drug-likeness (QED) is 0.577. The lowest BCUT2D eigenvalue weighted by atomic mass is 10.00. The summed E-state index contributed by atoms with van der Waals surface area (Å²) in [5.74, 6) is 2.72. The molecule has 0 unspecified atom stereocenters. The van der Waals surface area contributed by atoms with Gasteiger partial charge in [-0.05, 0) is 48.6 Å². The maximum absolute atomic E-state index is 12.5. The molecule has 0 saturated carbocycles. The Bertz CT molecular complexity index is 779. The summed E-state index contributed by atoms with van der Waals surface area (Å²) in [7, 11) is -1.55. The van der Waals surface area contributed by atoms with Gasteiger partial charge in [-0.25, -0.2) is 0 Å². The normalized spacial score (nSPS) is 10.7. The van der Waals surface area contributed by atoms with Gasteiger partial charge >= 0.3 is 5.91 Å². The van der Waals surface area contributed by atoms with Crippen molar-refractivity contribution in [1.82, 2.24) is 0 Å². The lowest BCUT2D eigenvalue weighted by molar-refractivity contribution is -0.113. The van der Waals surface area contributed by atoms with Crippen molar-refractivity contribution in [3.8, 4) is 22.6 Å². The van der Waals surface area contributed by atoms with Crippen molar-refractivity contribution >= 4 is 19.7 Å². The van der Waals surface area contributed by atoms with Crippen molar-refractivity contribution in [1.29, 1.82) is 0 Å². The number of hydrogen-bond donors (Lipinski definition) is 0. The largest absolute Gasteiger partial charge is 0.302 e. The highest BCUT2D eigenvalue weighted by atomic mass is 28.3. The predicted octanol–water partition coefficient (Wildman–Crippen LogP) is 4.90. The van der Waals surface area contributed by atoms with E-state index < -0.39 is 8.07 Å². The Morgan fingerprint density at radius 3 is 2.29 bits per heavy atom. The fourth-order valence-corrected chi connectivity index (χ4v) is 2.99. The fourth-order valence-electron chi connectivity index (χ4n) is 2.51. The van der Waals surface area contributed by atoms with Crippen LogP contribution < -0.4 is 4.90 Å². The molecule has 0 heterocycles. The molecule has 0 saturated heterocycles. The average Bonchev–Trinajstić information content (AvgIpc) is 2.54. The summed E-state index contributed by atoms with van der Waals surface area (Å²) in [6.45, 7) is 11.1. The van der Waals surface area contributed by atoms with Crippen molar-refractivity contribution < 1.29 is 4.79 Å². The van der Waals surface area contributed by atoms with Crippen LogP contribution in [0.2, 0.25) is 19.6 Å². The van der Waals surface area contributed by atoms with Gasteiger partial charge in [-0.3, -0.25) is 4.79 Å². The van der Waals surface area contributed by atoms with Crippen molar-refractivity contribution in [2.75, 3.05) is 11.4 Å². The van der Waals surface area contributed by atoms with Crippen molar-refractivity contribution in [3.05, 3.63) is 54.1 Å². The second-order valence-corrected chi connectivity index (χ2v) is 11.7. The Morgan fingerprint density at radius 2 is 1.75 bits per heavy atom. The number of aryl methyl sites for hydroxylation is 1. The van der Waals surface area contributed by atoms with E-state index in [1.807, 2.05) is 31.2 Å². The van der Waals surface area contributed by atoms with Gasteiger partial charge in [0.05, 0.1) is 0 Å². The summed E-state index contributed by atoms with van der Waals surface area (Å²) in [5.41, 5.74) is 7.60. The summed E-state index contributed by atoms with van der Waals surface area (Å²) in [6, 6.07) is 16.5. The molecule has 0 atom stereocenters. The number of carbonyl (C=O) groups excluding carboxylic acids is 1. The zero-order valence-electron chi connectivity index (χ0n) is 15.2. The minimum atomic E-state index is -1.55. The smallest absolute Gasteiger partial charge is 0.302 e. The van der Waals surface area contributed by atoms with Crippen molar-refractivity contribution in [2.24, 2.45) is 0 Å². The van der Waals surface area contributed by atoms with Gasteiger partial charge in [0, 0.05) is 12.2 Å². The van der Waals surface area contributed by atoms with Gasteiger partial charge < -0.3 is 4.90 Å². The van der Waals surface area contributed by atoms with Crippen LogP contribution in [0.4, 0.5) is 5.69 Å². The van der Waals surface area contributed by atoms with Crippen LogP contribution in [0.3, 0.4) is 0 Å². The molecule has 124 valence electrons. The molecule has 0 aliphatic rings. The first-order valence-electron chi connectivity index (χ1n) is 8.32. The molecule has 0 radical (unpaired) electrons. The highest BCUT2D eigenvalue weighted by Crippen LogP contribution is 2.27. The van der Waals surface area contributed by atoms with Crippen molar-refractivity contribution in [2.45, 2.75) is 33.5 Å². The molecule has 0 aromatic heterocycles. The summed E-state index contributed by atoms with van der Waals surface area (Å²) in [6.07, 6.45) is 0. The molecule has 0 aliphatic carbocycles. The molecule has 2 nitrogen and oxygen atoms in total. The van der Waals surface area contributed by atoms with Gasteiger partial charge in [0.1, 0.15) is 8.07 Å². The van der Waals surface area contributed by atoms with Crippen LogP contribution in [0.25, 0.3) is 11.1 Å². The summed E-state index contributed by atoms with van der Waals surface area (Å²) in [4.78, 5) is 14.2. The van der Waals surface area contributed by atoms with E-state index in [0.717, 1.165) is 11.3 Å². The number of anilines is 1. The third kappa shape index (κ3) is 4.59. The first-order chi connectivity index (χ1) is 11.3. The molecule has 3 heteroatoms. The highest BCUT2D eigenvalue weighted by Gasteiger charge is 2.15. The lowest BCUT2D eigenvalue weighted by Gasteiger charge is -2.20. The number of hydrogen-bond acceptors (Lipinski definition) is 1. The SMILES string of the molecule is CCN(C(=O)C#C[Si](C)(C)C)c1ccc(-c2ccccc2)c(C)c1. The summed E-state index contributed by atoms with van der Waals surface area (Å²) in [5, 5.41) is 0. The third-order valence-electron chi connectivity index (χ3n) is 3.71. The van der Waals surface area contributed by atoms with E-state index in [2.05, 4.69) is 62.3 Å². The first-order valence-corrected chi connectivity index (χ1v) is 11.8. The van der Waals surface area contributed by atoms with E-state index in [1.165, 1.54) is 11.1 Å². The Morgan fingerprint density at radius 1 is 1.08 bits per heavy atom. The van der Waals surface area contributed by atoms with Gasteiger partial charge in [-0.2, -0.15) is 0 Å². The van der Waals surface area contributed by atoms with Gasteiger partial charge in [0.25, 0.3) is 0 Å². The molecule has 0 fully saturated rings. The standard InChI is InChI=1S/C21H25NOSi/c1-6-22(21(23)14-15-24(3,4)5)19-12-13-20(17(2)16-19)18-10-8-7-9-11-18/h7-13,16H,6H2,1-5H3. The maximum atomic E-state index is 12.5. The molecule has 24 heavy (non-hydrogen) atoms. The average molecular weight is 336 g/mol. The van der Waals surface area contributed by atoms with Gasteiger partial charge in [-0.15, -0.1) is 5.54 Å². The Hall–Kier alpha value is -2.31. The van der Waals surface area contributed by atoms with Crippen LogP contribution in [-0.2, 0) is 4.79 Å². The molecule has 1 amide bonds. The topological polar surface area (TPSA) is 20.3 Å². The van der Waals surface area contributed by atoms with E-state index in [-0.39, 0.29) is 5.91 Å². The number of carbonyl (C=O) groups is 1. The zero-order chi connectivity index (χ0) is 17.7. The number of amides is 1. The summed E-state index contributed by atoms with van der Waals surface area (Å²) >= 11 is 0. The molecular formula is C21H25NOSi. The maximum Gasteiger partial charge on any atom is 0.302 e. The Balaban J connectivity index is 2.32. The van der Waals surface area contributed by atoms with Crippen LogP contribution in [0, 0.1) is 18.4 Å². The monoisotopic (exact) mass is 335 g/mol. The van der Waals surface area contributed by atoms with Crippen LogP contribution in [0.1, 0.15) is 12.5 Å². The molecule has 0 aliphatic heterocycles. The lowest BCUT2D eigenvalue weighted by Crippen LogP contribution is -2.30. The molecular weight excluding hydrogens is 310 g/mol. The number of nitrogens with zero attached hydrogens (tertiary/aromatic N) is 1. The molecule has 0 spiro atoms. The highest BCUT2D eigenvalue weighted by molar-refractivity contribution is 6.84. The molecule has 2 aromatic carbocycles. The minimum absolute atomic E-state index is 0.119. The predicted molar refractivity (Wildman–Crippen MR) is 106 cm³/mol. The van der Waals surface area contributed by atoms with E-state index in [0.29, 0.717) is 6.54 Å². The van der Waals surface area contributed by atoms with Crippen LogP contribution in [0.15, 0.2) is 48.5 Å². The van der Waals surface area contributed by atoms with Crippen LogP contribution in [0.5, 0.6) is 0 Å². The van der Waals surface area contributed by atoms with E-state index in [4.69, 9.17) is 0 Å². The Labute approximate surface area is 146 Å². The zero-order valence-corrected chi connectivity index (χ0v) is 16.2. The Kier molecular flexibility index (Phi) is 5.64. The first kappa shape index (κ1) is 18.0. The minimum Gasteiger partial charge on any atom is -0.302 e. The van der Waals surface area contributed by atoms with Gasteiger partial charge in [0.15, 0.2) is 0 Å². The second kappa shape index (κ2) is 7.50. The second-order valence-electron chi connectivity index (χ2n) is 6.91. The molecule has 2 rings (SSSR count). The number of benzene rings is 2. The van der Waals surface area contributed by atoms with E-state index in [1.54, 1.807) is 4.90 Å². The van der Waals surface area contributed by atoms with Gasteiger partial charge in [-0.1, -0.05) is 56.0 Å². The van der Waals surface area contributed by atoms with E-state index in [9.17, 15) is 4.79 Å². The number of rotatable bonds is 3. The van der Waals surface area contributed by atoms with Gasteiger partial charge in [0.2, 0.25) is 0 Å².